The Morgan fingerprint density at radius 3 is 2.30 bits per heavy atom. The van der Waals surface area contributed by atoms with Crippen LogP contribution in [0.25, 0.3) is 22.5 Å². The van der Waals surface area contributed by atoms with E-state index in [4.69, 9.17) is 11.6 Å². The van der Waals surface area contributed by atoms with Gasteiger partial charge in [-0.25, -0.2) is 0 Å². The largest absolute Gasteiger partial charge is 0.276 e. The van der Waals surface area contributed by atoms with Gasteiger partial charge in [-0.05, 0) is 42.7 Å². The summed E-state index contributed by atoms with van der Waals surface area (Å²) in [6.45, 7) is 0. The van der Waals surface area contributed by atoms with Crippen LogP contribution in [0.4, 0.5) is 0 Å². The highest BCUT2D eigenvalue weighted by molar-refractivity contribution is 7.98. The highest BCUT2D eigenvalue weighted by Gasteiger charge is 2.20. The van der Waals surface area contributed by atoms with Gasteiger partial charge in [0, 0.05) is 21.0 Å². The fourth-order valence-corrected chi connectivity index (χ4v) is 4.75. The fourth-order valence-electron chi connectivity index (χ4n) is 3.03. The quantitative estimate of drug-likeness (QED) is 0.388. The molecule has 30 heavy (non-hydrogen) atoms. The first-order valence-corrected chi connectivity index (χ1v) is 12.1. The average Bonchev–Trinajstić information content (AvgIpc) is 3.17. The Balaban J connectivity index is 1.84. The topological polar surface area (TPSA) is 64.0 Å². The van der Waals surface area contributed by atoms with Gasteiger partial charge in [-0.2, -0.15) is 23.1 Å². The third-order valence-corrected chi connectivity index (χ3v) is 6.85. The van der Waals surface area contributed by atoms with Crippen molar-refractivity contribution in [3.63, 3.8) is 0 Å². The fraction of sp³-hybridized carbons (Fsp3) is 0.0455. The standard InChI is InChI=1S/C22H18ClN3O2S2/c1-29-22-10-6-5-9-19(22)21-15-20(16-11-13-17(23)14-12-16)24-26(21)25-30(27,28)18-7-3-2-4-8-18/h2-15,25H,1H3. The van der Waals surface area contributed by atoms with Gasteiger partial charge in [-0.1, -0.05) is 60.1 Å². The lowest BCUT2D eigenvalue weighted by molar-refractivity contribution is 0.592. The maximum atomic E-state index is 12.9. The van der Waals surface area contributed by atoms with E-state index in [9.17, 15) is 8.42 Å². The molecule has 5 nitrogen and oxygen atoms in total. The normalized spacial score (nSPS) is 11.4. The minimum atomic E-state index is -3.82. The van der Waals surface area contributed by atoms with E-state index in [2.05, 4.69) is 9.93 Å². The van der Waals surface area contributed by atoms with E-state index in [-0.39, 0.29) is 4.90 Å². The lowest BCUT2D eigenvalue weighted by Gasteiger charge is -2.12. The van der Waals surface area contributed by atoms with Crippen LogP contribution in [0.15, 0.2) is 94.7 Å². The summed E-state index contributed by atoms with van der Waals surface area (Å²) in [6, 6.07) is 25.1. The number of rotatable bonds is 6. The molecule has 152 valence electrons. The zero-order valence-electron chi connectivity index (χ0n) is 16.0. The van der Waals surface area contributed by atoms with Gasteiger partial charge in [-0.3, -0.25) is 0 Å². The van der Waals surface area contributed by atoms with E-state index in [0.717, 1.165) is 16.0 Å². The Hall–Kier alpha value is -2.74. The van der Waals surface area contributed by atoms with Crippen molar-refractivity contribution in [2.75, 3.05) is 11.1 Å². The molecule has 0 bridgehead atoms. The van der Waals surface area contributed by atoms with Crippen LogP contribution in [-0.4, -0.2) is 24.6 Å². The second-order valence-electron chi connectivity index (χ2n) is 6.44. The molecule has 0 radical (unpaired) electrons. The van der Waals surface area contributed by atoms with Crippen LogP contribution in [0.1, 0.15) is 0 Å². The highest BCUT2D eigenvalue weighted by Crippen LogP contribution is 2.33. The Bertz CT molecular complexity index is 1270. The number of benzene rings is 3. The van der Waals surface area contributed by atoms with Crippen LogP contribution in [-0.2, 0) is 10.0 Å². The molecule has 4 rings (SSSR count). The molecule has 0 aliphatic rings. The van der Waals surface area contributed by atoms with Crippen LogP contribution >= 0.6 is 23.4 Å². The van der Waals surface area contributed by atoms with Gasteiger partial charge >= 0.3 is 0 Å². The molecular formula is C22H18ClN3O2S2. The van der Waals surface area contributed by atoms with Crippen molar-refractivity contribution in [2.45, 2.75) is 9.79 Å². The highest BCUT2D eigenvalue weighted by atomic mass is 35.5. The van der Waals surface area contributed by atoms with Gasteiger partial charge in [0.15, 0.2) is 0 Å². The molecule has 0 saturated carbocycles. The van der Waals surface area contributed by atoms with Crippen LogP contribution in [0.5, 0.6) is 0 Å². The number of hydrogen-bond acceptors (Lipinski definition) is 4. The SMILES string of the molecule is CSc1ccccc1-c1cc(-c2ccc(Cl)cc2)nn1NS(=O)(=O)c1ccccc1. The zero-order valence-corrected chi connectivity index (χ0v) is 18.4. The minimum absolute atomic E-state index is 0.164. The molecule has 0 amide bonds. The predicted octanol–water partition coefficient (Wildman–Crippen LogP) is 5.52. The Morgan fingerprint density at radius 1 is 0.933 bits per heavy atom. The second kappa shape index (κ2) is 8.55. The molecule has 0 spiro atoms. The van der Waals surface area contributed by atoms with E-state index in [1.807, 2.05) is 48.7 Å². The van der Waals surface area contributed by atoms with Gasteiger partial charge in [0.2, 0.25) is 0 Å². The zero-order chi connectivity index (χ0) is 21.1. The molecule has 0 aliphatic heterocycles. The summed E-state index contributed by atoms with van der Waals surface area (Å²) in [6.07, 6.45) is 1.98. The Kier molecular flexibility index (Phi) is 5.85. The average molecular weight is 456 g/mol. The summed E-state index contributed by atoms with van der Waals surface area (Å²) >= 11 is 7.59. The number of aromatic nitrogens is 2. The summed E-state index contributed by atoms with van der Waals surface area (Å²) in [7, 11) is -3.82. The number of halogens is 1. The first-order valence-electron chi connectivity index (χ1n) is 9.05. The third kappa shape index (κ3) is 4.23. The van der Waals surface area contributed by atoms with E-state index < -0.39 is 10.0 Å². The van der Waals surface area contributed by atoms with E-state index in [1.165, 1.54) is 4.79 Å². The Morgan fingerprint density at radius 2 is 1.60 bits per heavy atom. The number of nitrogens with one attached hydrogen (secondary N) is 1. The first kappa shape index (κ1) is 20.5. The lowest BCUT2D eigenvalue weighted by Crippen LogP contribution is -2.25. The monoisotopic (exact) mass is 455 g/mol. The number of sulfonamides is 1. The summed E-state index contributed by atoms with van der Waals surface area (Å²) in [5.74, 6) is 0. The maximum Gasteiger partial charge on any atom is 0.276 e. The van der Waals surface area contributed by atoms with Crippen molar-refractivity contribution in [1.82, 2.24) is 9.89 Å². The van der Waals surface area contributed by atoms with Crippen molar-refractivity contribution in [3.8, 4) is 22.5 Å². The van der Waals surface area contributed by atoms with Gasteiger partial charge in [-0.15, -0.1) is 11.8 Å². The third-order valence-electron chi connectivity index (χ3n) is 4.49. The molecule has 0 aliphatic carbocycles. The minimum Gasteiger partial charge on any atom is -0.200 e. The summed E-state index contributed by atoms with van der Waals surface area (Å²) in [5, 5.41) is 5.17. The molecule has 1 heterocycles. The Labute approximate surface area is 184 Å². The molecule has 0 saturated heterocycles. The molecule has 3 aromatic carbocycles. The van der Waals surface area contributed by atoms with Gasteiger partial charge in [0.1, 0.15) is 0 Å². The summed E-state index contributed by atoms with van der Waals surface area (Å²) < 4.78 is 25.9. The smallest absolute Gasteiger partial charge is 0.200 e. The van der Waals surface area contributed by atoms with Crippen molar-refractivity contribution >= 4 is 33.4 Å². The number of hydrogen-bond donors (Lipinski definition) is 1. The summed E-state index contributed by atoms with van der Waals surface area (Å²) in [4.78, 5) is 5.10. The van der Waals surface area contributed by atoms with E-state index in [0.29, 0.717) is 16.4 Å². The first-order chi connectivity index (χ1) is 14.5. The molecule has 1 N–H and O–H groups in total. The molecule has 0 unspecified atom stereocenters. The second-order valence-corrected chi connectivity index (χ2v) is 9.39. The molecular weight excluding hydrogens is 438 g/mol. The van der Waals surface area contributed by atoms with E-state index in [1.54, 1.807) is 54.2 Å². The van der Waals surface area contributed by atoms with E-state index >= 15 is 0 Å². The van der Waals surface area contributed by atoms with Crippen LogP contribution < -0.4 is 4.83 Å². The van der Waals surface area contributed by atoms with Crippen molar-refractivity contribution < 1.29 is 8.42 Å². The lowest BCUT2D eigenvalue weighted by atomic mass is 10.1. The van der Waals surface area contributed by atoms with Gasteiger partial charge in [0.05, 0.1) is 16.3 Å². The maximum absolute atomic E-state index is 12.9. The molecule has 0 atom stereocenters. The van der Waals surface area contributed by atoms with Crippen molar-refractivity contribution in [1.29, 1.82) is 0 Å². The predicted molar refractivity (Wildman–Crippen MR) is 123 cm³/mol. The molecule has 8 heteroatoms. The van der Waals surface area contributed by atoms with Crippen LogP contribution in [0.3, 0.4) is 0 Å². The number of thioether (sulfide) groups is 1. The van der Waals surface area contributed by atoms with Crippen LogP contribution in [0, 0.1) is 0 Å². The van der Waals surface area contributed by atoms with Crippen molar-refractivity contribution in [2.24, 2.45) is 0 Å². The van der Waals surface area contributed by atoms with Gasteiger partial charge < -0.3 is 0 Å². The number of nitrogens with zero attached hydrogens (tertiary/aromatic N) is 2. The molecule has 0 fully saturated rings. The molecule has 4 aromatic rings. The van der Waals surface area contributed by atoms with Crippen molar-refractivity contribution in [3.05, 3.63) is 90.0 Å². The molecule has 1 aromatic heterocycles. The van der Waals surface area contributed by atoms with Crippen LogP contribution in [0.2, 0.25) is 5.02 Å². The summed E-state index contributed by atoms with van der Waals surface area (Å²) in [5.41, 5.74) is 2.99. The van der Waals surface area contributed by atoms with Gasteiger partial charge in [0.25, 0.3) is 10.0 Å².